The summed E-state index contributed by atoms with van der Waals surface area (Å²) in [4.78, 5) is 5.55. The first kappa shape index (κ1) is 12.6. The molecule has 0 radical (unpaired) electrons. The second kappa shape index (κ2) is 4.07. The number of aliphatic hydroxyl groups is 1. The van der Waals surface area contributed by atoms with Gasteiger partial charge in [0.2, 0.25) is 4.96 Å². The van der Waals surface area contributed by atoms with E-state index in [0.29, 0.717) is 5.41 Å². The predicted molar refractivity (Wildman–Crippen MR) is 81.4 cm³/mol. The maximum Gasteiger partial charge on any atom is 0.212 e. The molecule has 4 aliphatic rings. The van der Waals surface area contributed by atoms with Crippen molar-refractivity contribution in [3.05, 3.63) is 16.4 Å². The van der Waals surface area contributed by atoms with Crippen molar-refractivity contribution < 1.29 is 5.11 Å². The molecular weight excluding hydrogens is 282 g/mol. The highest BCUT2D eigenvalue weighted by Crippen LogP contribution is 2.61. The number of aromatic nitrogens is 3. The number of rotatable bonds is 2. The maximum atomic E-state index is 9.55. The van der Waals surface area contributed by atoms with E-state index in [2.05, 4.69) is 4.98 Å². The fourth-order valence-electron chi connectivity index (χ4n) is 5.66. The van der Waals surface area contributed by atoms with Gasteiger partial charge in [-0.1, -0.05) is 11.3 Å². The molecule has 0 spiro atoms. The fraction of sp³-hybridized carbons (Fsp3) is 0.750. The van der Waals surface area contributed by atoms with E-state index in [1.165, 1.54) is 43.5 Å². The summed E-state index contributed by atoms with van der Waals surface area (Å²) in [5.74, 6) is 2.81. The second-order valence-corrected chi connectivity index (χ2v) is 8.56. The summed E-state index contributed by atoms with van der Waals surface area (Å²) in [5.41, 5.74) is 2.10. The molecule has 0 aromatic carbocycles. The second-order valence-electron chi connectivity index (χ2n) is 7.60. The molecule has 2 heterocycles. The minimum Gasteiger partial charge on any atom is -0.390 e. The van der Waals surface area contributed by atoms with Crippen molar-refractivity contribution in [1.82, 2.24) is 14.6 Å². The van der Waals surface area contributed by atoms with Crippen LogP contribution in [-0.4, -0.2) is 19.7 Å². The van der Waals surface area contributed by atoms with Gasteiger partial charge in [-0.3, -0.25) is 0 Å². The van der Waals surface area contributed by atoms with E-state index < -0.39 is 0 Å². The fourth-order valence-corrected chi connectivity index (χ4v) is 6.84. The van der Waals surface area contributed by atoms with Crippen molar-refractivity contribution in [2.75, 3.05) is 0 Å². The van der Waals surface area contributed by atoms with Gasteiger partial charge in [0.25, 0.3) is 0 Å². The maximum absolute atomic E-state index is 9.55. The van der Waals surface area contributed by atoms with Crippen LogP contribution in [0.5, 0.6) is 0 Å². The molecule has 112 valence electrons. The Morgan fingerprint density at radius 1 is 1.19 bits per heavy atom. The Morgan fingerprint density at radius 3 is 2.38 bits per heavy atom. The zero-order valence-electron chi connectivity index (χ0n) is 12.4. The van der Waals surface area contributed by atoms with Crippen molar-refractivity contribution in [3.8, 4) is 0 Å². The van der Waals surface area contributed by atoms with Gasteiger partial charge in [0.05, 0.1) is 18.0 Å². The number of hydrogen-bond donors (Lipinski definition) is 1. The van der Waals surface area contributed by atoms with Crippen LogP contribution in [-0.2, 0) is 12.0 Å². The van der Waals surface area contributed by atoms with Gasteiger partial charge >= 0.3 is 0 Å². The number of imidazole rings is 1. The van der Waals surface area contributed by atoms with Crippen LogP contribution in [0.2, 0.25) is 0 Å². The van der Waals surface area contributed by atoms with Gasteiger partial charge in [0, 0.05) is 5.41 Å². The smallest absolute Gasteiger partial charge is 0.212 e. The minimum absolute atomic E-state index is 0.0248. The molecule has 5 heteroatoms. The van der Waals surface area contributed by atoms with E-state index in [9.17, 15) is 5.11 Å². The van der Waals surface area contributed by atoms with E-state index in [0.717, 1.165) is 34.1 Å². The van der Waals surface area contributed by atoms with Crippen LogP contribution in [0.4, 0.5) is 0 Å². The molecule has 4 saturated carbocycles. The summed E-state index contributed by atoms with van der Waals surface area (Å²) in [5, 5.41) is 15.8. The molecule has 2 aromatic heterocycles. The zero-order valence-corrected chi connectivity index (χ0v) is 13.2. The van der Waals surface area contributed by atoms with E-state index in [1.807, 2.05) is 11.4 Å². The molecule has 0 unspecified atom stereocenters. The summed E-state index contributed by atoms with van der Waals surface area (Å²) < 4.78 is 1.90. The van der Waals surface area contributed by atoms with Crippen LogP contribution in [0, 0.1) is 24.7 Å². The summed E-state index contributed by atoms with van der Waals surface area (Å²) >= 11 is 1.77. The lowest BCUT2D eigenvalue weighted by molar-refractivity contribution is -0.00569. The molecule has 6 rings (SSSR count). The quantitative estimate of drug-likeness (QED) is 0.927. The molecule has 4 aliphatic carbocycles. The minimum atomic E-state index is 0.0248. The van der Waals surface area contributed by atoms with Crippen LogP contribution in [0.1, 0.15) is 54.9 Å². The largest absolute Gasteiger partial charge is 0.390 e. The van der Waals surface area contributed by atoms with Crippen molar-refractivity contribution in [2.24, 2.45) is 17.8 Å². The SMILES string of the molecule is Cc1nc2sc(C34CC5CC(CC(C5)C3)C4)nn2c1CO. The van der Waals surface area contributed by atoms with Crippen molar-refractivity contribution in [1.29, 1.82) is 0 Å². The molecule has 0 amide bonds. The number of aryl methyl sites for hydroxylation is 1. The van der Waals surface area contributed by atoms with E-state index in [1.54, 1.807) is 11.3 Å². The Kier molecular flexibility index (Phi) is 2.44. The van der Waals surface area contributed by atoms with Crippen LogP contribution < -0.4 is 0 Å². The number of aliphatic hydroxyl groups excluding tert-OH is 1. The molecule has 21 heavy (non-hydrogen) atoms. The lowest BCUT2D eigenvalue weighted by atomic mass is 9.50. The first-order valence-corrected chi connectivity index (χ1v) is 8.95. The molecule has 4 bridgehead atoms. The molecule has 4 fully saturated rings. The van der Waals surface area contributed by atoms with Crippen LogP contribution in [0.15, 0.2) is 0 Å². The standard InChI is InChI=1S/C16H21N3OS/c1-9-13(8-20)19-15(17-9)21-14(18-19)16-5-10-2-11(6-16)4-12(3-10)7-16/h10-12,20H,2-8H2,1H3. The van der Waals surface area contributed by atoms with Gasteiger partial charge < -0.3 is 5.11 Å². The molecule has 0 aliphatic heterocycles. The number of hydrogen-bond acceptors (Lipinski definition) is 4. The predicted octanol–water partition coefficient (Wildman–Crippen LogP) is 3.06. The Morgan fingerprint density at radius 2 is 1.81 bits per heavy atom. The van der Waals surface area contributed by atoms with Crippen LogP contribution in [0.3, 0.4) is 0 Å². The molecule has 2 aromatic rings. The van der Waals surface area contributed by atoms with Crippen LogP contribution >= 0.6 is 11.3 Å². The van der Waals surface area contributed by atoms with Gasteiger partial charge in [-0.25, -0.2) is 9.50 Å². The Bertz CT molecular complexity index is 681. The van der Waals surface area contributed by atoms with Gasteiger partial charge in [-0.05, 0) is 63.2 Å². The molecule has 4 nitrogen and oxygen atoms in total. The van der Waals surface area contributed by atoms with E-state index >= 15 is 0 Å². The van der Waals surface area contributed by atoms with Crippen molar-refractivity contribution in [2.45, 2.75) is 57.5 Å². The topological polar surface area (TPSA) is 50.4 Å². The van der Waals surface area contributed by atoms with Gasteiger partial charge in [-0.15, -0.1) is 0 Å². The average molecular weight is 303 g/mol. The summed E-state index contributed by atoms with van der Waals surface area (Å²) in [6.45, 7) is 1.98. The highest BCUT2D eigenvalue weighted by Gasteiger charge is 2.53. The Balaban J connectivity index is 1.62. The lowest BCUT2D eigenvalue weighted by Crippen LogP contribution is -2.48. The zero-order chi connectivity index (χ0) is 14.2. The summed E-state index contributed by atoms with van der Waals surface area (Å²) in [6, 6.07) is 0. The van der Waals surface area contributed by atoms with Gasteiger partial charge in [0.15, 0.2) is 0 Å². The highest BCUT2D eigenvalue weighted by molar-refractivity contribution is 7.16. The van der Waals surface area contributed by atoms with Gasteiger partial charge in [-0.2, -0.15) is 5.10 Å². The number of fused-ring (bicyclic) bond motifs is 1. The van der Waals surface area contributed by atoms with Crippen LogP contribution in [0.25, 0.3) is 4.96 Å². The highest BCUT2D eigenvalue weighted by atomic mass is 32.1. The van der Waals surface area contributed by atoms with E-state index in [-0.39, 0.29) is 6.61 Å². The first-order valence-electron chi connectivity index (χ1n) is 8.13. The third-order valence-electron chi connectivity index (χ3n) is 6.14. The third kappa shape index (κ3) is 1.65. The number of nitrogens with zero attached hydrogens (tertiary/aromatic N) is 3. The van der Waals surface area contributed by atoms with Gasteiger partial charge in [0.1, 0.15) is 5.01 Å². The molecular formula is C16H21N3OS. The molecule has 0 saturated heterocycles. The average Bonchev–Trinajstić information content (AvgIpc) is 2.94. The van der Waals surface area contributed by atoms with Crippen molar-refractivity contribution >= 4 is 16.3 Å². The third-order valence-corrected chi connectivity index (χ3v) is 7.29. The van der Waals surface area contributed by atoms with E-state index in [4.69, 9.17) is 5.10 Å². The summed E-state index contributed by atoms with van der Waals surface area (Å²) in [7, 11) is 0. The van der Waals surface area contributed by atoms with Crippen molar-refractivity contribution in [3.63, 3.8) is 0 Å². The normalized spacial score (nSPS) is 37.7. The summed E-state index contributed by atoms with van der Waals surface area (Å²) in [6.07, 6.45) is 8.39. The Labute approximate surface area is 128 Å². The molecule has 1 N–H and O–H groups in total. The lowest BCUT2D eigenvalue weighted by Gasteiger charge is -2.55. The Hall–Kier alpha value is -0.940. The monoisotopic (exact) mass is 303 g/mol. The first-order chi connectivity index (χ1) is 10.2. The molecule has 0 atom stereocenters.